The summed E-state index contributed by atoms with van der Waals surface area (Å²) in [5, 5.41) is 15.6. The summed E-state index contributed by atoms with van der Waals surface area (Å²) in [5.74, 6) is -0.538. The monoisotopic (exact) mass is 266 g/mol. The molecule has 0 radical (unpaired) electrons. The molecule has 2 rings (SSSR count). The molecule has 1 fully saturated rings. The first kappa shape index (κ1) is 13.5. The quantitative estimate of drug-likeness (QED) is 0.838. The fraction of sp³-hybridized carbons (Fsp3) is 0.667. The Morgan fingerprint density at radius 3 is 2.79 bits per heavy atom. The Balaban J connectivity index is 2.06. The van der Waals surface area contributed by atoms with Crippen molar-refractivity contribution < 1.29 is 14.7 Å². The van der Waals surface area contributed by atoms with E-state index in [1.54, 1.807) is 4.90 Å². The number of piperidine rings is 1. The Kier molecular flexibility index (Phi) is 3.82. The molecule has 2 unspecified atom stereocenters. The van der Waals surface area contributed by atoms with Gasteiger partial charge >= 0.3 is 5.97 Å². The second-order valence-electron chi connectivity index (χ2n) is 4.87. The van der Waals surface area contributed by atoms with Crippen LogP contribution in [0.3, 0.4) is 0 Å². The van der Waals surface area contributed by atoms with Crippen LogP contribution in [0.1, 0.15) is 43.1 Å². The van der Waals surface area contributed by atoms with E-state index in [1.807, 2.05) is 13.8 Å². The molecule has 7 heteroatoms. The van der Waals surface area contributed by atoms with E-state index in [2.05, 4.69) is 15.2 Å². The van der Waals surface area contributed by atoms with Gasteiger partial charge in [-0.2, -0.15) is 0 Å². The first-order chi connectivity index (χ1) is 9.02. The second kappa shape index (κ2) is 5.38. The van der Waals surface area contributed by atoms with E-state index in [0.29, 0.717) is 31.6 Å². The SMILES string of the molecule is CCc1nc(C(=O)N2CCC(C(=O)O)CC2C)n[nH]1. The Morgan fingerprint density at radius 2 is 2.26 bits per heavy atom. The number of likely N-dealkylation sites (tertiary alicyclic amines) is 1. The normalized spacial score (nSPS) is 23.4. The van der Waals surface area contributed by atoms with Crippen LogP contribution in [0.2, 0.25) is 0 Å². The molecule has 2 heterocycles. The first-order valence-electron chi connectivity index (χ1n) is 6.48. The molecule has 1 saturated heterocycles. The molecule has 0 spiro atoms. The van der Waals surface area contributed by atoms with Crippen LogP contribution in [-0.2, 0) is 11.2 Å². The van der Waals surface area contributed by atoms with Crippen molar-refractivity contribution in [2.24, 2.45) is 5.92 Å². The zero-order valence-corrected chi connectivity index (χ0v) is 11.1. The summed E-state index contributed by atoms with van der Waals surface area (Å²) in [4.78, 5) is 29.0. The summed E-state index contributed by atoms with van der Waals surface area (Å²) in [6.07, 6.45) is 1.65. The Morgan fingerprint density at radius 1 is 1.53 bits per heavy atom. The first-order valence-corrected chi connectivity index (χ1v) is 6.48. The van der Waals surface area contributed by atoms with Crippen molar-refractivity contribution in [3.05, 3.63) is 11.6 Å². The van der Waals surface area contributed by atoms with Gasteiger partial charge in [0, 0.05) is 19.0 Å². The molecule has 1 amide bonds. The van der Waals surface area contributed by atoms with Gasteiger partial charge in [0.2, 0.25) is 5.82 Å². The molecule has 19 heavy (non-hydrogen) atoms. The van der Waals surface area contributed by atoms with Gasteiger partial charge in [-0.1, -0.05) is 6.92 Å². The van der Waals surface area contributed by atoms with Gasteiger partial charge in [-0.15, -0.1) is 5.10 Å². The molecule has 1 aliphatic heterocycles. The highest BCUT2D eigenvalue weighted by Crippen LogP contribution is 2.23. The predicted molar refractivity (Wildman–Crippen MR) is 66.6 cm³/mol. The minimum Gasteiger partial charge on any atom is -0.481 e. The molecule has 7 nitrogen and oxygen atoms in total. The smallest absolute Gasteiger partial charge is 0.306 e. The van der Waals surface area contributed by atoms with E-state index >= 15 is 0 Å². The van der Waals surface area contributed by atoms with Crippen molar-refractivity contribution in [2.45, 2.75) is 39.2 Å². The van der Waals surface area contributed by atoms with Crippen molar-refractivity contribution in [1.82, 2.24) is 20.1 Å². The van der Waals surface area contributed by atoms with Gasteiger partial charge in [0.15, 0.2) is 0 Å². The van der Waals surface area contributed by atoms with Gasteiger partial charge in [0.25, 0.3) is 5.91 Å². The zero-order valence-electron chi connectivity index (χ0n) is 11.1. The Bertz CT molecular complexity index is 485. The fourth-order valence-corrected chi connectivity index (χ4v) is 2.38. The average molecular weight is 266 g/mol. The molecule has 2 atom stereocenters. The van der Waals surface area contributed by atoms with E-state index < -0.39 is 5.97 Å². The number of amides is 1. The minimum absolute atomic E-state index is 0.106. The fourth-order valence-electron chi connectivity index (χ4n) is 2.38. The molecule has 104 valence electrons. The van der Waals surface area contributed by atoms with Gasteiger partial charge < -0.3 is 10.0 Å². The van der Waals surface area contributed by atoms with Crippen LogP contribution in [-0.4, -0.2) is 49.7 Å². The van der Waals surface area contributed by atoms with Crippen LogP contribution < -0.4 is 0 Å². The minimum atomic E-state index is -0.787. The number of carboxylic acids is 1. The third-order valence-electron chi connectivity index (χ3n) is 3.54. The highest BCUT2D eigenvalue weighted by molar-refractivity contribution is 5.90. The summed E-state index contributed by atoms with van der Waals surface area (Å²) in [6.45, 7) is 4.23. The topological polar surface area (TPSA) is 99.2 Å². The van der Waals surface area contributed by atoms with Gasteiger partial charge in [-0.05, 0) is 19.8 Å². The second-order valence-corrected chi connectivity index (χ2v) is 4.87. The Labute approximate surface area is 111 Å². The summed E-state index contributed by atoms with van der Waals surface area (Å²) < 4.78 is 0. The Hall–Kier alpha value is -1.92. The lowest BCUT2D eigenvalue weighted by Crippen LogP contribution is -2.46. The lowest BCUT2D eigenvalue weighted by molar-refractivity contribution is -0.143. The number of hydrogen-bond acceptors (Lipinski definition) is 4. The number of aromatic nitrogens is 3. The number of H-pyrrole nitrogens is 1. The van der Waals surface area contributed by atoms with Gasteiger partial charge in [-0.25, -0.2) is 4.98 Å². The average Bonchev–Trinajstić information content (AvgIpc) is 2.86. The molecule has 0 bridgehead atoms. The highest BCUT2D eigenvalue weighted by Gasteiger charge is 2.33. The summed E-state index contributed by atoms with van der Waals surface area (Å²) in [5.41, 5.74) is 0. The van der Waals surface area contributed by atoms with E-state index in [4.69, 9.17) is 5.11 Å². The lowest BCUT2D eigenvalue weighted by Gasteiger charge is -2.35. The van der Waals surface area contributed by atoms with Crippen molar-refractivity contribution in [2.75, 3.05) is 6.54 Å². The number of nitrogens with zero attached hydrogens (tertiary/aromatic N) is 3. The van der Waals surface area contributed by atoms with E-state index in [-0.39, 0.29) is 23.7 Å². The molecular weight excluding hydrogens is 248 g/mol. The number of carbonyl (C=O) groups is 2. The number of carbonyl (C=O) groups excluding carboxylic acids is 1. The third-order valence-corrected chi connectivity index (χ3v) is 3.54. The number of aliphatic carboxylic acids is 1. The molecule has 0 aliphatic carbocycles. The lowest BCUT2D eigenvalue weighted by atomic mass is 9.91. The molecular formula is C12H18N4O3. The zero-order chi connectivity index (χ0) is 14.0. The summed E-state index contributed by atoms with van der Waals surface area (Å²) in [7, 11) is 0. The number of nitrogens with one attached hydrogen (secondary N) is 1. The number of aryl methyl sites for hydroxylation is 1. The van der Waals surface area contributed by atoms with Crippen LogP contribution in [0.15, 0.2) is 0 Å². The van der Waals surface area contributed by atoms with Gasteiger partial charge in [-0.3, -0.25) is 14.7 Å². The summed E-state index contributed by atoms with van der Waals surface area (Å²) >= 11 is 0. The number of rotatable bonds is 3. The maximum Gasteiger partial charge on any atom is 0.306 e. The van der Waals surface area contributed by atoms with Gasteiger partial charge in [0.1, 0.15) is 5.82 Å². The van der Waals surface area contributed by atoms with Gasteiger partial charge in [0.05, 0.1) is 5.92 Å². The van der Waals surface area contributed by atoms with E-state index in [0.717, 1.165) is 0 Å². The number of hydrogen-bond donors (Lipinski definition) is 2. The van der Waals surface area contributed by atoms with E-state index in [9.17, 15) is 9.59 Å². The third kappa shape index (κ3) is 2.74. The maximum absolute atomic E-state index is 12.2. The van der Waals surface area contributed by atoms with Crippen LogP contribution in [0.4, 0.5) is 0 Å². The maximum atomic E-state index is 12.2. The number of aromatic amines is 1. The van der Waals surface area contributed by atoms with Crippen molar-refractivity contribution in [3.63, 3.8) is 0 Å². The standard InChI is InChI=1S/C12H18N4O3/c1-3-9-13-10(15-14-9)11(17)16-5-4-8(12(18)19)6-7(16)2/h7-8H,3-6H2,1-2H3,(H,18,19)(H,13,14,15). The molecule has 0 aromatic carbocycles. The summed E-state index contributed by atoms with van der Waals surface area (Å²) in [6, 6.07) is -0.106. The largest absolute Gasteiger partial charge is 0.481 e. The van der Waals surface area contributed by atoms with Crippen LogP contribution in [0.5, 0.6) is 0 Å². The molecule has 1 aromatic rings. The van der Waals surface area contributed by atoms with Crippen LogP contribution >= 0.6 is 0 Å². The molecule has 0 saturated carbocycles. The van der Waals surface area contributed by atoms with Crippen molar-refractivity contribution in [1.29, 1.82) is 0 Å². The predicted octanol–water partition coefficient (Wildman–Crippen LogP) is 0.692. The molecule has 2 N–H and O–H groups in total. The van der Waals surface area contributed by atoms with Crippen LogP contribution in [0.25, 0.3) is 0 Å². The highest BCUT2D eigenvalue weighted by atomic mass is 16.4. The van der Waals surface area contributed by atoms with Crippen LogP contribution in [0, 0.1) is 5.92 Å². The molecule has 1 aliphatic rings. The molecule has 1 aromatic heterocycles. The van der Waals surface area contributed by atoms with Crippen molar-refractivity contribution in [3.8, 4) is 0 Å². The van der Waals surface area contributed by atoms with Crippen molar-refractivity contribution >= 4 is 11.9 Å². The number of carboxylic acid groups (broad SMARTS) is 1. The van der Waals surface area contributed by atoms with E-state index in [1.165, 1.54) is 0 Å².